The fraction of sp³-hybridized carbons (Fsp3) is 0.333. The van der Waals surface area contributed by atoms with Gasteiger partial charge in [-0.15, -0.1) is 0 Å². The highest BCUT2D eigenvalue weighted by Gasteiger charge is 2.16. The molecule has 7 heteroatoms. The summed E-state index contributed by atoms with van der Waals surface area (Å²) in [4.78, 5) is 19.8. The molecule has 1 aliphatic heterocycles. The molecule has 1 aliphatic rings. The van der Waals surface area contributed by atoms with E-state index in [2.05, 4.69) is 40.8 Å². The Kier molecular flexibility index (Phi) is 7.63. The normalized spacial score (nSPS) is 14.2. The first-order chi connectivity index (χ1) is 18.0. The Labute approximate surface area is 217 Å². The Morgan fingerprint density at radius 2 is 1.76 bits per heavy atom. The van der Waals surface area contributed by atoms with Gasteiger partial charge in [-0.1, -0.05) is 30.3 Å². The van der Waals surface area contributed by atoms with Gasteiger partial charge in [0.15, 0.2) is 0 Å². The second kappa shape index (κ2) is 11.2. The van der Waals surface area contributed by atoms with E-state index < -0.39 is 0 Å². The zero-order chi connectivity index (χ0) is 25.8. The van der Waals surface area contributed by atoms with Gasteiger partial charge in [0.1, 0.15) is 11.6 Å². The van der Waals surface area contributed by atoms with Crippen molar-refractivity contribution in [3.05, 3.63) is 100 Å². The highest BCUT2D eigenvalue weighted by Crippen LogP contribution is 2.24. The Morgan fingerprint density at radius 3 is 2.51 bits per heavy atom. The van der Waals surface area contributed by atoms with Gasteiger partial charge in [-0.05, 0) is 66.4 Å². The third-order valence-corrected chi connectivity index (χ3v) is 7.12. The lowest BCUT2D eigenvalue weighted by atomic mass is 10.1. The first kappa shape index (κ1) is 25.1. The number of carbonyl (C=O) groups is 1. The molecule has 5 rings (SSSR count). The molecule has 2 heterocycles. The Bertz CT molecular complexity index is 1390. The minimum absolute atomic E-state index is 0.0702. The number of amides is 1. The number of ether oxygens (including phenoxy) is 1. The first-order valence-corrected chi connectivity index (χ1v) is 12.8. The summed E-state index contributed by atoms with van der Waals surface area (Å²) in [5.41, 5.74) is 6.62. The third-order valence-electron chi connectivity index (χ3n) is 7.12. The van der Waals surface area contributed by atoms with Gasteiger partial charge in [0, 0.05) is 44.7 Å². The van der Waals surface area contributed by atoms with Crippen molar-refractivity contribution in [3.8, 4) is 0 Å². The molecule has 1 amide bonds. The second-order valence-corrected chi connectivity index (χ2v) is 9.71. The molecular formula is C30H33FN4O2. The number of rotatable bonds is 8. The predicted molar refractivity (Wildman–Crippen MR) is 144 cm³/mol. The van der Waals surface area contributed by atoms with E-state index in [0.717, 1.165) is 55.3 Å². The summed E-state index contributed by atoms with van der Waals surface area (Å²) in [6, 6.07) is 18.8. The van der Waals surface area contributed by atoms with Crippen LogP contribution in [0.1, 0.15) is 38.4 Å². The number of imidazole rings is 1. The molecule has 37 heavy (non-hydrogen) atoms. The fourth-order valence-corrected chi connectivity index (χ4v) is 4.75. The van der Waals surface area contributed by atoms with Crippen LogP contribution >= 0.6 is 0 Å². The number of nitrogens with one attached hydrogen (secondary N) is 1. The summed E-state index contributed by atoms with van der Waals surface area (Å²) in [5, 5.41) is 3.02. The van der Waals surface area contributed by atoms with E-state index in [0.29, 0.717) is 30.6 Å². The highest BCUT2D eigenvalue weighted by atomic mass is 19.1. The maximum absolute atomic E-state index is 14.4. The number of benzene rings is 3. The Balaban J connectivity index is 1.33. The lowest BCUT2D eigenvalue weighted by Crippen LogP contribution is -2.41. The minimum atomic E-state index is -0.225. The molecule has 1 fully saturated rings. The van der Waals surface area contributed by atoms with E-state index in [1.54, 1.807) is 6.07 Å². The molecule has 1 saturated heterocycles. The van der Waals surface area contributed by atoms with Crippen LogP contribution in [-0.2, 0) is 17.7 Å². The SMILES string of the molecule is Cc1cc2nc(Cc3ccccc3F)n(Cc3ccc(C(=O)NCCN4CCOCC4)cc3)c2cc1C. The van der Waals surface area contributed by atoms with Crippen molar-refractivity contribution in [1.82, 2.24) is 19.8 Å². The minimum Gasteiger partial charge on any atom is -0.379 e. The van der Waals surface area contributed by atoms with Gasteiger partial charge in [0.2, 0.25) is 0 Å². The van der Waals surface area contributed by atoms with Gasteiger partial charge in [-0.3, -0.25) is 9.69 Å². The van der Waals surface area contributed by atoms with Crippen molar-refractivity contribution in [1.29, 1.82) is 0 Å². The lowest BCUT2D eigenvalue weighted by molar-refractivity contribution is 0.0383. The molecule has 1 aromatic heterocycles. The van der Waals surface area contributed by atoms with Crippen molar-refractivity contribution in [2.75, 3.05) is 39.4 Å². The maximum atomic E-state index is 14.4. The molecule has 0 bridgehead atoms. The summed E-state index contributed by atoms with van der Waals surface area (Å²) in [5.74, 6) is 0.520. The summed E-state index contributed by atoms with van der Waals surface area (Å²) >= 11 is 0. The van der Waals surface area contributed by atoms with Gasteiger partial charge >= 0.3 is 0 Å². The van der Waals surface area contributed by atoms with Gasteiger partial charge in [-0.25, -0.2) is 9.37 Å². The zero-order valence-electron chi connectivity index (χ0n) is 21.5. The monoisotopic (exact) mass is 500 g/mol. The summed E-state index contributed by atoms with van der Waals surface area (Å²) < 4.78 is 22.0. The van der Waals surface area contributed by atoms with Crippen LogP contribution in [0.4, 0.5) is 4.39 Å². The summed E-state index contributed by atoms with van der Waals surface area (Å²) in [7, 11) is 0. The number of hydrogen-bond donors (Lipinski definition) is 1. The van der Waals surface area contributed by atoms with Crippen molar-refractivity contribution >= 4 is 16.9 Å². The number of halogens is 1. The molecule has 192 valence electrons. The number of hydrogen-bond acceptors (Lipinski definition) is 4. The Morgan fingerprint density at radius 1 is 1.03 bits per heavy atom. The number of aryl methyl sites for hydroxylation is 2. The van der Waals surface area contributed by atoms with E-state index in [1.807, 2.05) is 36.4 Å². The number of fused-ring (bicyclic) bond motifs is 1. The van der Waals surface area contributed by atoms with Crippen LogP contribution < -0.4 is 5.32 Å². The number of carbonyl (C=O) groups excluding carboxylic acids is 1. The highest BCUT2D eigenvalue weighted by molar-refractivity contribution is 5.94. The molecule has 0 unspecified atom stereocenters. The van der Waals surface area contributed by atoms with E-state index in [-0.39, 0.29) is 11.7 Å². The second-order valence-electron chi connectivity index (χ2n) is 9.71. The lowest BCUT2D eigenvalue weighted by Gasteiger charge is -2.26. The third kappa shape index (κ3) is 5.89. The average Bonchev–Trinajstić information content (AvgIpc) is 3.22. The van der Waals surface area contributed by atoms with Crippen molar-refractivity contribution < 1.29 is 13.9 Å². The number of aromatic nitrogens is 2. The summed E-state index contributed by atoms with van der Waals surface area (Å²) in [6.45, 7) is 9.51. The molecule has 0 atom stereocenters. The van der Waals surface area contributed by atoms with Gasteiger partial charge < -0.3 is 14.6 Å². The van der Waals surface area contributed by atoms with Crippen LogP contribution in [0.15, 0.2) is 60.7 Å². The van der Waals surface area contributed by atoms with Crippen LogP contribution in [0, 0.1) is 19.7 Å². The molecular weight excluding hydrogens is 467 g/mol. The molecule has 0 spiro atoms. The fourth-order valence-electron chi connectivity index (χ4n) is 4.75. The average molecular weight is 501 g/mol. The van der Waals surface area contributed by atoms with E-state index >= 15 is 0 Å². The zero-order valence-corrected chi connectivity index (χ0v) is 21.5. The van der Waals surface area contributed by atoms with E-state index in [1.165, 1.54) is 17.2 Å². The quantitative estimate of drug-likeness (QED) is 0.387. The van der Waals surface area contributed by atoms with Crippen LogP contribution in [-0.4, -0.2) is 59.8 Å². The molecule has 3 aromatic carbocycles. The smallest absolute Gasteiger partial charge is 0.251 e. The number of nitrogens with zero attached hydrogens (tertiary/aromatic N) is 3. The predicted octanol–water partition coefficient (Wildman–Crippen LogP) is 4.49. The molecule has 1 N–H and O–H groups in total. The first-order valence-electron chi connectivity index (χ1n) is 12.8. The largest absolute Gasteiger partial charge is 0.379 e. The Hall–Kier alpha value is -3.55. The maximum Gasteiger partial charge on any atom is 0.251 e. The van der Waals surface area contributed by atoms with Crippen LogP contribution in [0.5, 0.6) is 0 Å². The van der Waals surface area contributed by atoms with Crippen molar-refractivity contribution in [2.45, 2.75) is 26.8 Å². The summed E-state index contributed by atoms with van der Waals surface area (Å²) in [6.07, 6.45) is 0.406. The van der Waals surface area contributed by atoms with Gasteiger partial charge in [0.25, 0.3) is 5.91 Å². The molecule has 6 nitrogen and oxygen atoms in total. The molecule has 0 radical (unpaired) electrons. The molecule has 0 saturated carbocycles. The topological polar surface area (TPSA) is 59.4 Å². The van der Waals surface area contributed by atoms with E-state index in [9.17, 15) is 9.18 Å². The van der Waals surface area contributed by atoms with Crippen LogP contribution in [0.2, 0.25) is 0 Å². The number of morpholine rings is 1. The molecule has 4 aromatic rings. The standard InChI is InChI=1S/C30H33FN4O2/c1-21-17-27-28(18-22(21)2)35(29(33-27)19-25-5-3-4-6-26(25)31)20-23-7-9-24(10-8-23)30(36)32-11-12-34-13-15-37-16-14-34/h3-10,17-18H,11-16,19-20H2,1-2H3,(H,32,36). The van der Waals surface area contributed by atoms with Gasteiger partial charge in [-0.2, -0.15) is 0 Å². The van der Waals surface area contributed by atoms with Gasteiger partial charge in [0.05, 0.1) is 24.2 Å². The van der Waals surface area contributed by atoms with Crippen molar-refractivity contribution in [2.24, 2.45) is 0 Å². The van der Waals surface area contributed by atoms with Crippen LogP contribution in [0.25, 0.3) is 11.0 Å². The molecule has 0 aliphatic carbocycles. The van der Waals surface area contributed by atoms with E-state index in [4.69, 9.17) is 9.72 Å². The van der Waals surface area contributed by atoms with Crippen molar-refractivity contribution in [3.63, 3.8) is 0 Å². The van der Waals surface area contributed by atoms with Crippen LogP contribution in [0.3, 0.4) is 0 Å².